The van der Waals surface area contributed by atoms with Gasteiger partial charge in [-0.3, -0.25) is 9.36 Å². The zero-order chi connectivity index (χ0) is 23.0. The number of hydrogen-bond acceptors (Lipinski definition) is 3. The van der Waals surface area contributed by atoms with Crippen molar-refractivity contribution in [1.82, 2.24) is 4.57 Å². The molecule has 0 saturated carbocycles. The Morgan fingerprint density at radius 3 is 2.44 bits per heavy atom. The molecule has 0 fully saturated rings. The van der Waals surface area contributed by atoms with E-state index in [2.05, 4.69) is 0 Å². The van der Waals surface area contributed by atoms with Gasteiger partial charge < -0.3 is 5.73 Å². The molecule has 164 valence electrons. The molecule has 0 spiro atoms. The van der Waals surface area contributed by atoms with Gasteiger partial charge in [0.1, 0.15) is 5.78 Å². The number of para-hydroxylation sites is 1. The van der Waals surface area contributed by atoms with Crippen LogP contribution < -0.4 is 5.73 Å². The first kappa shape index (κ1) is 22.1. The summed E-state index contributed by atoms with van der Waals surface area (Å²) in [6.45, 7) is 0. The number of fused-ring (bicyclic) bond motifs is 1. The summed E-state index contributed by atoms with van der Waals surface area (Å²) in [6, 6.07) is 13.8. The lowest BCUT2D eigenvalue weighted by molar-refractivity contribution is -0.137. The highest BCUT2D eigenvalue weighted by atomic mass is 35.5. The number of carbonyl (C=O) groups excluding carboxylic acids is 2. The van der Waals surface area contributed by atoms with Crippen LogP contribution in [-0.2, 0) is 23.8 Å². The van der Waals surface area contributed by atoms with Crippen LogP contribution in [0.2, 0.25) is 5.02 Å². The van der Waals surface area contributed by atoms with Crippen LogP contribution >= 0.6 is 22.9 Å². The molecule has 0 saturated heterocycles. The quantitative estimate of drug-likeness (QED) is 0.366. The average molecular weight is 477 g/mol. The minimum absolute atomic E-state index is 0.0529. The fourth-order valence-electron chi connectivity index (χ4n) is 3.59. The molecule has 0 radical (unpaired) electrons. The summed E-state index contributed by atoms with van der Waals surface area (Å²) in [5, 5.41) is 2.25. The number of carbonyl (C=O) groups is 2. The zero-order valence-electron chi connectivity index (χ0n) is 16.4. The van der Waals surface area contributed by atoms with Crippen molar-refractivity contribution >= 4 is 45.7 Å². The summed E-state index contributed by atoms with van der Waals surface area (Å²) in [4.78, 5) is 25.3. The van der Waals surface area contributed by atoms with Crippen molar-refractivity contribution in [2.24, 2.45) is 5.73 Å². The van der Waals surface area contributed by atoms with E-state index in [1.54, 1.807) is 17.5 Å². The zero-order valence-corrected chi connectivity index (χ0v) is 18.0. The Kier molecular flexibility index (Phi) is 5.83. The van der Waals surface area contributed by atoms with Crippen LogP contribution in [0.15, 0.2) is 60.0 Å². The molecule has 0 aliphatic heterocycles. The van der Waals surface area contributed by atoms with Gasteiger partial charge >= 0.3 is 12.2 Å². The predicted octanol–water partition coefficient (Wildman–Crippen LogP) is 6.32. The first-order chi connectivity index (χ1) is 15.1. The van der Waals surface area contributed by atoms with Crippen molar-refractivity contribution in [2.45, 2.75) is 19.0 Å². The summed E-state index contributed by atoms with van der Waals surface area (Å²) in [6.07, 6.45) is -4.68. The number of primary amides is 1. The van der Waals surface area contributed by atoms with Crippen molar-refractivity contribution in [3.63, 3.8) is 0 Å². The number of hydrogen-bond donors (Lipinski definition) is 1. The van der Waals surface area contributed by atoms with Crippen molar-refractivity contribution in [3.8, 4) is 10.6 Å². The molecule has 4 nitrogen and oxygen atoms in total. The van der Waals surface area contributed by atoms with E-state index in [9.17, 15) is 22.8 Å². The lowest BCUT2D eigenvalue weighted by Gasteiger charge is -2.10. The Bertz CT molecular complexity index is 1340. The number of halogens is 4. The maximum Gasteiger partial charge on any atom is 0.417 e. The number of amides is 1. The van der Waals surface area contributed by atoms with Crippen LogP contribution in [0.4, 0.5) is 18.0 Å². The Balaban J connectivity index is 1.55. The number of aromatic nitrogens is 1. The van der Waals surface area contributed by atoms with E-state index >= 15 is 0 Å². The first-order valence-electron chi connectivity index (χ1n) is 9.49. The second-order valence-corrected chi connectivity index (χ2v) is 8.60. The molecule has 0 unspecified atom stereocenters. The van der Waals surface area contributed by atoms with Crippen LogP contribution in [0.25, 0.3) is 21.5 Å². The maximum atomic E-state index is 13.0. The smallest absolute Gasteiger partial charge is 0.351 e. The molecular formula is C23H16ClF3N2O2S. The molecule has 32 heavy (non-hydrogen) atoms. The molecule has 2 aromatic heterocycles. The van der Waals surface area contributed by atoms with E-state index in [4.69, 9.17) is 17.3 Å². The largest absolute Gasteiger partial charge is 0.417 e. The third-order valence-electron chi connectivity index (χ3n) is 4.98. The Morgan fingerprint density at radius 1 is 1.00 bits per heavy atom. The second-order valence-electron chi connectivity index (χ2n) is 7.29. The third-order valence-corrected chi connectivity index (χ3v) is 6.31. The average Bonchev–Trinajstić information content (AvgIpc) is 3.32. The molecule has 2 heterocycles. The van der Waals surface area contributed by atoms with E-state index < -0.39 is 22.8 Å². The van der Waals surface area contributed by atoms with Gasteiger partial charge in [-0.2, -0.15) is 13.2 Å². The number of ketones is 1. The number of nitrogens with two attached hydrogens (primary N) is 1. The van der Waals surface area contributed by atoms with Gasteiger partial charge in [0.2, 0.25) is 0 Å². The number of Topliss-reactive ketones (excluding diaryl/α,β-unsaturated/α-hetero) is 1. The highest BCUT2D eigenvalue weighted by Gasteiger charge is 2.33. The number of rotatable bonds is 5. The summed E-state index contributed by atoms with van der Waals surface area (Å²) < 4.78 is 40.5. The standard InChI is InChI=1S/C23H16ClF3N2O2S/c24-18-6-5-13(9-17(18)23(25,26)27)7-16(30)8-14-10-21(32-12-14)20-11-15-3-1-2-4-19(15)29(20)22(28)31/h1-6,9-12H,7-8H2,(H2,28,31). The van der Waals surface area contributed by atoms with Crippen LogP contribution in [0.3, 0.4) is 0 Å². The minimum atomic E-state index is -4.59. The molecule has 9 heteroatoms. The first-order valence-corrected chi connectivity index (χ1v) is 10.7. The van der Waals surface area contributed by atoms with E-state index in [0.29, 0.717) is 16.8 Å². The number of alkyl halides is 3. The fourth-order valence-corrected chi connectivity index (χ4v) is 4.74. The van der Waals surface area contributed by atoms with Gasteiger partial charge in [-0.25, -0.2) is 4.79 Å². The topological polar surface area (TPSA) is 65.1 Å². The Labute approximate surface area is 190 Å². The second kappa shape index (κ2) is 8.44. The number of thiophene rings is 1. The van der Waals surface area contributed by atoms with E-state index in [0.717, 1.165) is 22.4 Å². The highest BCUT2D eigenvalue weighted by molar-refractivity contribution is 7.13. The fraction of sp³-hybridized carbons (Fsp3) is 0.130. The molecule has 0 aliphatic carbocycles. The number of benzene rings is 2. The van der Waals surface area contributed by atoms with Crippen LogP contribution in [0, 0.1) is 0 Å². The number of nitrogens with zero attached hydrogens (tertiary/aromatic N) is 1. The van der Waals surface area contributed by atoms with Crippen molar-refractivity contribution in [3.05, 3.63) is 81.7 Å². The van der Waals surface area contributed by atoms with Gasteiger partial charge in [0, 0.05) is 18.2 Å². The third kappa shape index (κ3) is 4.42. The monoisotopic (exact) mass is 476 g/mol. The summed E-state index contributed by atoms with van der Waals surface area (Å²) >= 11 is 6.99. The van der Waals surface area contributed by atoms with Gasteiger partial charge in [-0.15, -0.1) is 11.3 Å². The van der Waals surface area contributed by atoms with Crippen LogP contribution in [-0.4, -0.2) is 16.4 Å². The van der Waals surface area contributed by atoms with Gasteiger partial charge in [0.15, 0.2) is 0 Å². The molecular weight excluding hydrogens is 461 g/mol. The highest BCUT2D eigenvalue weighted by Crippen LogP contribution is 2.36. The lowest BCUT2D eigenvalue weighted by atomic mass is 10.0. The summed E-state index contributed by atoms with van der Waals surface area (Å²) in [5.41, 5.74) is 6.88. The van der Waals surface area contributed by atoms with Crippen molar-refractivity contribution in [2.75, 3.05) is 0 Å². The molecule has 0 atom stereocenters. The Morgan fingerprint density at radius 2 is 1.72 bits per heavy atom. The molecule has 0 bridgehead atoms. The molecule has 0 aliphatic rings. The van der Waals surface area contributed by atoms with E-state index in [1.165, 1.54) is 22.0 Å². The maximum absolute atomic E-state index is 13.0. The van der Waals surface area contributed by atoms with Crippen molar-refractivity contribution in [1.29, 1.82) is 0 Å². The normalized spacial score (nSPS) is 11.8. The minimum Gasteiger partial charge on any atom is -0.351 e. The van der Waals surface area contributed by atoms with Crippen LogP contribution in [0.1, 0.15) is 16.7 Å². The van der Waals surface area contributed by atoms with Gasteiger partial charge in [-0.05, 0) is 46.8 Å². The molecule has 1 amide bonds. The molecule has 2 N–H and O–H groups in total. The van der Waals surface area contributed by atoms with Crippen molar-refractivity contribution < 1.29 is 22.8 Å². The molecule has 4 aromatic rings. The molecule has 2 aromatic carbocycles. The SMILES string of the molecule is NC(=O)n1c(-c2cc(CC(=O)Cc3ccc(Cl)c(C(F)(F)F)c3)cs2)cc2ccccc21. The van der Waals surface area contributed by atoms with Crippen LogP contribution in [0.5, 0.6) is 0 Å². The Hall–Kier alpha value is -3.10. The summed E-state index contributed by atoms with van der Waals surface area (Å²) in [7, 11) is 0. The van der Waals surface area contributed by atoms with Gasteiger partial charge in [0.25, 0.3) is 0 Å². The van der Waals surface area contributed by atoms with E-state index in [-0.39, 0.29) is 24.2 Å². The van der Waals surface area contributed by atoms with Gasteiger partial charge in [-0.1, -0.05) is 35.9 Å². The van der Waals surface area contributed by atoms with Gasteiger partial charge in [0.05, 0.1) is 26.7 Å². The van der Waals surface area contributed by atoms with E-state index in [1.807, 2.05) is 24.3 Å². The lowest BCUT2D eigenvalue weighted by Crippen LogP contribution is -2.19. The molecule has 4 rings (SSSR count). The predicted molar refractivity (Wildman–Crippen MR) is 119 cm³/mol. The summed E-state index contributed by atoms with van der Waals surface area (Å²) in [5.74, 6) is -0.236.